The van der Waals surface area contributed by atoms with Crippen molar-refractivity contribution in [2.45, 2.75) is 26.7 Å². The minimum absolute atomic E-state index is 0.208. The summed E-state index contributed by atoms with van der Waals surface area (Å²) >= 11 is 6.28. The quantitative estimate of drug-likeness (QED) is 0.651. The highest BCUT2D eigenvalue weighted by Crippen LogP contribution is 2.34. The predicted molar refractivity (Wildman–Crippen MR) is 105 cm³/mol. The van der Waals surface area contributed by atoms with Gasteiger partial charge >= 0.3 is 0 Å². The van der Waals surface area contributed by atoms with E-state index < -0.39 is 0 Å². The number of benzene rings is 2. The molecule has 0 spiro atoms. The van der Waals surface area contributed by atoms with Crippen molar-refractivity contribution in [2.75, 3.05) is 0 Å². The standard InChI is InChI=1S/C21H19ClN3O/c1-13(21(2,3)4)19-24-17-10-6-9-16(22)18(17)20(26)25(19)15-8-5-7-14(11-15)12-23/h5-11,13H,1H2,2-4H3. The molecule has 0 bridgehead atoms. The molecule has 1 heterocycles. The predicted octanol–water partition coefficient (Wildman–Crippen LogP) is 4.87. The minimum Gasteiger partial charge on any atom is -0.268 e. The Morgan fingerprint density at radius 3 is 2.58 bits per heavy atom. The van der Waals surface area contributed by atoms with Crippen LogP contribution in [0, 0.1) is 23.7 Å². The third-order valence-corrected chi connectivity index (χ3v) is 4.78. The zero-order valence-corrected chi connectivity index (χ0v) is 15.7. The number of nitriles is 1. The van der Waals surface area contributed by atoms with Gasteiger partial charge in [0.05, 0.1) is 33.2 Å². The topological polar surface area (TPSA) is 58.7 Å². The summed E-state index contributed by atoms with van der Waals surface area (Å²) in [5, 5.41) is 9.93. The number of aromatic nitrogens is 2. The summed E-state index contributed by atoms with van der Waals surface area (Å²) in [6.45, 7) is 10.4. The number of fused-ring (bicyclic) bond motifs is 1. The van der Waals surface area contributed by atoms with Crippen LogP contribution in [0.2, 0.25) is 5.02 Å². The van der Waals surface area contributed by atoms with E-state index in [4.69, 9.17) is 16.6 Å². The Hall–Kier alpha value is -2.64. The van der Waals surface area contributed by atoms with Crippen LogP contribution >= 0.6 is 11.6 Å². The van der Waals surface area contributed by atoms with Gasteiger partial charge < -0.3 is 0 Å². The molecule has 1 unspecified atom stereocenters. The lowest BCUT2D eigenvalue weighted by Crippen LogP contribution is -2.29. The molecule has 0 saturated heterocycles. The molecular weight excluding hydrogens is 346 g/mol. The lowest BCUT2D eigenvalue weighted by atomic mass is 9.81. The molecule has 1 aromatic heterocycles. The molecule has 131 valence electrons. The fourth-order valence-electron chi connectivity index (χ4n) is 2.79. The summed E-state index contributed by atoms with van der Waals surface area (Å²) in [6.07, 6.45) is 0. The third kappa shape index (κ3) is 3.11. The molecule has 0 saturated carbocycles. The highest BCUT2D eigenvalue weighted by atomic mass is 35.5. The van der Waals surface area contributed by atoms with Crippen molar-refractivity contribution in [3.8, 4) is 11.8 Å². The molecule has 1 atom stereocenters. The van der Waals surface area contributed by atoms with Gasteiger partial charge in [0.2, 0.25) is 0 Å². The summed E-state index contributed by atoms with van der Waals surface area (Å²) in [5.74, 6) is 0.302. The molecule has 0 fully saturated rings. The second-order valence-electron chi connectivity index (χ2n) is 7.33. The Kier molecular flexibility index (Phi) is 4.60. The normalized spacial score (nSPS) is 12.8. The Morgan fingerprint density at radius 2 is 1.92 bits per heavy atom. The molecule has 3 aromatic rings. The first kappa shape index (κ1) is 18.2. The Morgan fingerprint density at radius 1 is 1.23 bits per heavy atom. The van der Waals surface area contributed by atoms with E-state index in [1.54, 1.807) is 42.5 Å². The molecule has 0 aliphatic rings. The zero-order chi connectivity index (χ0) is 19.1. The molecule has 0 amide bonds. The van der Waals surface area contributed by atoms with Gasteiger partial charge in [0.25, 0.3) is 5.56 Å². The molecule has 5 heteroatoms. The van der Waals surface area contributed by atoms with Gasteiger partial charge in [0.1, 0.15) is 5.82 Å². The highest BCUT2D eigenvalue weighted by Gasteiger charge is 2.28. The monoisotopic (exact) mass is 364 g/mol. The van der Waals surface area contributed by atoms with E-state index >= 15 is 0 Å². The van der Waals surface area contributed by atoms with Crippen LogP contribution in [0.5, 0.6) is 0 Å². The lowest BCUT2D eigenvalue weighted by Gasteiger charge is -2.29. The number of hydrogen-bond acceptors (Lipinski definition) is 3. The van der Waals surface area contributed by atoms with E-state index in [9.17, 15) is 10.1 Å². The summed E-state index contributed by atoms with van der Waals surface area (Å²) in [6, 6.07) is 14.2. The van der Waals surface area contributed by atoms with Gasteiger partial charge in [-0.2, -0.15) is 5.26 Å². The third-order valence-electron chi connectivity index (χ3n) is 4.46. The van der Waals surface area contributed by atoms with Crippen molar-refractivity contribution in [3.63, 3.8) is 0 Å². The Bertz CT molecular complexity index is 1090. The maximum Gasteiger partial charge on any atom is 0.267 e. The first-order chi connectivity index (χ1) is 12.2. The van der Waals surface area contributed by atoms with Gasteiger partial charge in [-0.1, -0.05) is 44.5 Å². The molecule has 4 nitrogen and oxygen atoms in total. The van der Waals surface area contributed by atoms with Crippen molar-refractivity contribution >= 4 is 22.5 Å². The first-order valence-electron chi connectivity index (χ1n) is 8.29. The second kappa shape index (κ2) is 6.59. The molecule has 26 heavy (non-hydrogen) atoms. The largest absolute Gasteiger partial charge is 0.268 e. The average molecular weight is 365 g/mol. The van der Waals surface area contributed by atoms with Gasteiger partial charge in [-0.15, -0.1) is 0 Å². The maximum atomic E-state index is 13.3. The van der Waals surface area contributed by atoms with E-state index in [0.717, 1.165) is 0 Å². The van der Waals surface area contributed by atoms with Crippen LogP contribution in [0.1, 0.15) is 38.1 Å². The number of rotatable bonds is 2. The van der Waals surface area contributed by atoms with Crippen LogP contribution in [0.3, 0.4) is 0 Å². The van der Waals surface area contributed by atoms with E-state index in [1.165, 1.54) is 4.57 Å². The van der Waals surface area contributed by atoms with Crippen LogP contribution in [-0.2, 0) is 0 Å². The average Bonchev–Trinajstić information content (AvgIpc) is 2.60. The van der Waals surface area contributed by atoms with Gasteiger partial charge in [0, 0.05) is 5.92 Å². The Labute approximate surface area is 157 Å². The summed E-state index contributed by atoms with van der Waals surface area (Å²) in [5.41, 5.74) is 1.12. The number of hydrogen-bond donors (Lipinski definition) is 0. The zero-order valence-electron chi connectivity index (χ0n) is 15.0. The van der Waals surface area contributed by atoms with Gasteiger partial charge in [0.15, 0.2) is 0 Å². The summed E-state index contributed by atoms with van der Waals surface area (Å²) in [4.78, 5) is 18.1. The van der Waals surface area contributed by atoms with Crippen LogP contribution in [0.15, 0.2) is 47.3 Å². The molecule has 0 aliphatic heterocycles. The van der Waals surface area contributed by atoms with Crippen molar-refractivity contribution in [1.82, 2.24) is 9.55 Å². The fraction of sp³-hybridized carbons (Fsp3) is 0.238. The van der Waals surface area contributed by atoms with E-state index in [2.05, 4.69) is 33.8 Å². The molecule has 0 N–H and O–H groups in total. The summed E-state index contributed by atoms with van der Waals surface area (Å²) in [7, 11) is 0. The Balaban J connectivity index is 2.45. The van der Waals surface area contributed by atoms with Crippen molar-refractivity contribution in [1.29, 1.82) is 5.26 Å². The highest BCUT2D eigenvalue weighted by molar-refractivity contribution is 6.35. The van der Waals surface area contributed by atoms with Crippen LogP contribution in [-0.4, -0.2) is 9.55 Å². The molecule has 2 aromatic carbocycles. The van der Waals surface area contributed by atoms with E-state index in [1.807, 2.05) is 0 Å². The molecule has 1 radical (unpaired) electrons. The number of nitrogens with zero attached hydrogens (tertiary/aromatic N) is 3. The number of halogens is 1. The SMILES string of the molecule is [CH2]C(c1nc2cccc(Cl)c2c(=O)n1-c1cccc(C#N)c1)C(C)(C)C. The van der Waals surface area contributed by atoms with E-state index in [0.29, 0.717) is 33.0 Å². The lowest BCUT2D eigenvalue weighted by molar-refractivity contribution is 0.348. The minimum atomic E-state index is -0.261. The maximum absolute atomic E-state index is 13.3. The van der Waals surface area contributed by atoms with Gasteiger partial charge in [-0.05, 0) is 42.7 Å². The van der Waals surface area contributed by atoms with Crippen molar-refractivity contribution in [2.24, 2.45) is 5.41 Å². The smallest absolute Gasteiger partial charge is 0.267 e. The molecular formula is C21H19ClN3O. The van der Waals surface area contributed by atoms with Crippen molar-refractivity contribution < 1.29 is 0 Å². The summed E-state index contributed by atoms with van der Waals surface area (Å²) < 4.78 is 1.53. The van der Waals surface area contributed by atoms with E-state index in [-0.39, 0.29) is 16.9 Å². The van der Waals surface area contributed by atoms with Crippen molar-refractivity contribution in [3.05, 3.63) is 76.2 Å². The second-order valence-corrected chi connectivity index (χ2v) is 7.73. The van der Waals surface area contributed by atoms with Crippen LogP contribution in [0.4, 0.5) is 0 Å². The molecule has 0 aliphatic carbocycles. The fourth-order valence-corrected chi connectivity index (χ4v) is 3.04. The van der Waals surface area contributed by atoms with Crippen LogP contribution in [0.25, 0.3) is 16.6 Å². The van der Waals surface area contributed by atoms with Crippen LogP contribution < -0.4 is 5.56 Å². The van der Waals surface area contributed by atoms with Gasteiger partial charge in [-0.3, -0.25) is 9.36 Å². The van der Waals surface area contributed by atoms with Gasteiger partial charge in [-0.25, -0.2) is 4.98 Å². The molecule has 3 rings (SSSR count). The first-order valence-corrected chi connectivity index (χ1v) is 8.66.